The Bertz CT molecular complexity index is 402. The minimum absolute atomic E-state index is 0.0399. The molecule has 0 saturated heterocycles. The zero-order valence-corrected chi connectivity index (χ0v) is 10.1. The van der Waals surface area contributed by atoms with Gasteiger partial charge in [-0.2, -0.15) is 0 Å². The van der Waals surface area contributed by atoms with Gasteiger partial charge in [0.1, 0.15) is 0 Å². The quantitative estimate of drug-likeness (QED) is 0.670. The van der Waals surface area contributed by atoms with Crippen molar-refractivity contribution in [3.63, 3.8) is 0 Å². The first-order valence-corrected chi connectivity index (χ1v) is 5.71. The molecule has 0 atom stereocenters. The predicted molar refractivity (Wildman–Crippen MR) is 61.5 cm³/mol. The van der Waals surface area contributed by atoms with Crippen molar-refractivity contribution in [1.29, 1.82) is 0 Å². The van der Waals surface area contributed by atoms with Crippen LogP contribution >= 0.6 is 0 Å². The molecular weight excluding hydrogens is 240 g/mol. The van der Waals surface area contributed by atoms with Crippen LogP contribution in [0, 0.1) is 0 Å². The summed E-state index contributed by atoms with van der Waals surface area (Å²) in [5.74, 6) is -2.07. The second-order valence-corrected chi connectivity index (χ2v) is 3.60. The molecule has 0 aliphatic heterocycles. The standard InChI is InChI=1S/C11H16N2O5/c1-2-5-17-6-3-4-12-10(14)8-7-9(11(15)16)18-13-8/h7H,2-6H2,1H3,(H,12,14)(H,15,16). The molecule has 1 amide bonds. The Morgan fingerprint density at radius 1 is 1.50 bits per heavy atom. The van der Waals surface area contributed by atoms with Crippen LogP contribution in [-0.2, 0) is 4.74 Å². The summed E-state index contributed by atoms with van der Waals surface area (Å²) in [4.78, 5) is 22.0. The van der Waals surface area contributed by atoms with Crippen molar-refractivity contribution in [2.45, 2.75) is 19.8 Å². The van der Waals surface area contributed by atoms with Gasteiger partial charge in [-0.1, -0.05) is 12.1 Å². The van der Waals surface area contributed by atoms with E-state index in [2.05, 4.69) is 15.0 Å². The average Bonchev–Trinajstić information content (AvgIpc) is 2.83. The van der Waals surface area contributed by atoms with Gasteiger partial charge >= 0.3 is 5.97 Å². The van der Waals surface area contributed by atoms with Gasteiger partial charge in [-0.25, -0.2) is 4.79 Å². The maximum absolute atomic E-state index is 11.5. The number of aromatic nitrogens is 1. The molecule has 2 N–H and O–H groups in total. The van der Waals surface area contributed by atoms with Gasteiger partial charge in [0.2, 0.25) is 5.76 Å². The van der Waals surface area contributed by atoms with Crippen LogP contribution in [0.5, 0.6) is 0 Å². The van der Waals surface area contributed by atoms with E-state index in [9.17, 15) is 9.59 Å². The summed E-state index contributed by atoms with van der Waals surface area (Å²) in [6.07, 6.45) is 1.65. The molecule has 7 nitrogen and oxygen atoms in total. The van der Waals surface area contributed by atoms with Crippen LogP contribution in [0.15, 0.2) is 10.6 Å². The van der Waals surface area contributed by atoms with Crippen LogP contribution in [0.2, 0.25) is 0 Å². The zero-order valence-electron chi connectivity index (χ0n) is 10.1. The SMILES string of the molecule is CCCOCCCNC(=O)c1cc(C(=O)O)on1. The summed E-state index contributed by atoms with van der Waals surface area (Å²) < 4.78 is 9.71. The van der Waals surface area contributed by atoms with Gasteiger partial charge in [0.15, 0.2) is 5.69 Å². The van der Waals surface area contributed by atoms with E-state index in [-0.39, 0.29) is 11.5 Å². The normalized spacial score (nSPS) is 10.3. The minimum atomic E-state index is -1.26. The number of amides is 1. The molecule has 0 aliphatic carbocycles. The first-order valence-electron chi connectivity index (χ1n) is 5.71. The smallest absolute Gasteiger partial charge is 0.374 e. The molecule has 0 fully saturated rings. The number of carboxylic acid groups (broad SMARTS) is 1. The summed E-state index contributed by atoms with van der Waals surface area (Å²) in [5.41, 5.74) is -0.0399. The Morgan fingerprint density at radius 3 is 2.89 bits per heavy atom. The highest BCUT2D eigenvalue weighted by molar-refractivity contribution is 5.94. The van der Waals surface area contributed by atoms with E-state index in [1.54, 1.807) is 0 Å². The van der Waals surface area contributed by atoms with E-state index in [1.807, 2.05) is 6.92 Å². The lowest BCUT2D eigenvalue weighted by Crippen LogP contribution is -2.25. The Hall–Kier alpha value is -1.89. The molecule has 0 aliphatic rings. The topological polar surface area (TPSA) is 102 Å². The fourth-order valence-electron chi connectivity index (χ4n) is 1.20. The monoisotopic (exact) mass is 256 g/mol. The van der Waals surface area contributed by atoms with E-state index in [0.29, 0.717) is 26.2 Å². The number of hydrogen-bond acceptors (Lipinski definition) is 5. The fraction of sp³-hybridized carbons (Fsp3) is 0.545. The molecule has 0 aromatic carbocycles. The molecule has 7 heteroatoms. The van der Waals surface area contributed by atoms with E-state index in [4.69, 9.17) is 9.84 Å². The van der Waals surface area contributed by atoms with Crippen LogP contribution in [0.4, 0.5) is 0 Å². The van der Waals surface area contributed by atoms with Crippen molar-refractivity contribution in [2.75, 3.05) is 19.8 Å². The molecule has 1 aromatic rings. The van der Waals surface area contributed by atoms with Gasteiger partial charge in [0.05, 0.1) is 0 Å². The molecule has 1 aromatic heterocycles. The molecule has 1 heterocycles. The number of nitrogens with zero attached hydrogens (tertiary/aromatic N) is 1. The molecule has 1 rings (SSSR count). The molecule has 18 heavy (non-hydrogen) atoms. The van der Waals surface area contributed by atoms with Gasteiger partial charge in [-0.05, 0) is 12.8 Å². The lowest BCUT2D eigenvalue weighted by Gasteiger charge is -2.03. The zero-order chi connectivity index (χ0) is 13.4. The maximum Gasteiger partial charge on any atom is 0.374 e. The van der Waals surface area contributed by atoms with E-state index in [0.717, 1.165) is 12.5 Å². The summed E-state index contributed by atoms with van der Waals surface area (Å²) in [7, 11) is 0. The molecule has 0 spiro atoms. The summed E-state index contributed by atoms with van der Waals surface area (Å²) in [6.45, 7) is 3.75. The highest BCUT2D eigenvalue weighted by atomic mass is 16.5. The van der Waals surface area contributed by atoms with E-state index in [1.165, 1.54) is 0 Å². The van der Waals surface area contributed by atoms with E-state index >= 15 is 0 Å². The van der Waals surface area contributed by atoms with Gasteiger partial charge in [0.25, 0.3) is 5.91 Å². The Morgan fingerprint density at radius 2 is 2.28 bits per heavy atom. The van der Waals surface area contributed by atoms with Gasteiger partial charge in [-0.15, -0.1) is 0 Å². The van der Waals surface area contributed by atoms with Crippen LogP contribution in [0.1, 0.15) is 40.8 Å². The third kappa shape index (κ3) is 4.54. The maximum atomic E-state index is 11.5. The predicted octanol–water partition coefficient (Wildman–Crippen LogP) is 0.919. The number of aromatic carboxylic acids is 1. The first-order chi connectivity index (χ1) is 8.65. The van der Waals surface area contributed by atoms with Gasteiger partial charge in [-0.3, -0.25) is 4.79 Å². The average molecular weight is 256 g/mol. The Labute approximate surface area is 104 Å². The molecule has 0 unspecified atom stereocenters. The number of rotatable bonds is 8. The van der Waals surface area contributed by atoms with Crippen molar-refractivity contribution < 1.29 is 24.0 Å². The fourth-order valence-corrected chi connectivity index (χ4v) is 1.20. The summed E-state index contributed by atoms with van der Waals surface area (Å²) >= 11 is 0. The Balaban J connectivity index is 2.25. The molecule has 0 radical (unpaired) electrons. The minimum Gasteiger partial charge on any atom is -0.475 e. The van der Waals surface area contributed by atoms with Crippen LogP contribution < -0.4 is 5.32 Å². The van der Waals surface area contributed by atoms with Crippen molar-refractivity contribution in [2.24, 2.45) is 0 Å². The molecular formula is C11H16N2O5. The lowest BCUT2D eigenvalue weighted by atomic mass is 10.3. The number of ether oxygens (including phenoxy) is 1. The van der Waals surface area contributed by atoms with E-state index < -0.39 is 11.9 Å². The van der Waals surface area contributed by atoms with Crippen LogP contribution in [-0.4, -0.2) is 41.9 Å². The number of carboxylic acids is 1. The Kier molecular flexibility index (Phi) is 5.86. The number of carbonyl (C=O) groups is 2. The summed E-state index contributed by atoms with van der Waals surface area (Å²) in [5, 5.41) is 14.6. The van der Waals surface area contributed by atoms with Crippen LogP contribution in [0.3, 0.4) is 0 Å². The van der Waals surface area contributed by atoms with Crippen molar-refractivity contribution >= 4 is 11.9 Å². The third-order valence-electron chi connectivity index (χ3n) is 2.05. The number of nitrogens with one attached hydrogen (secondary N) is 1. The molecule has 0 bridgehead atoms. The third-order valence-corrected chi connectivity index (χ3v) is 2.05. The van der Waals surface area contributed by atoms with Gasteiger partial charge < -0.3 is 19.7 Å². The lowest BCUT2D eigenvalue weighted by molar-refractivity contribution is 0.0651. The second kappa shape index (κ2) is 7.44. The van der Waals surface area contributed by atoms with Gasteiger partial charge in [0, 0.05) is 25.8 Å². The first kappa shape index (κ1) is 14.2. The largest absolute Gasteiger partial charge is 0.475 e. The van der Waals surface area contributed by atoms with Crippen molar-refractivity contribution in [3.05, 3.63) is 17.5 Å². The molecule has 0 saturated carbocycles. The summed E-state index contributed by atoms with van der Waals surface area (Å²) in [6, 6.07) is 1.09. The second-order valence-electron chi connectivity index (χ2n) is 3.60. The van der Waals surface area contributed by atoms with Crippen molar-refractivity contribution in [3.8, 4) is 0 Å². The number of hydrogen-bond donors (Lipinski definition) is 2. The number of carbonyl (C=O) groups excluding carboxylic acids is 1. The van der Waals surface area contributed by atoms with Crippen LogP contribution in [0.25, 0.3) is 0 Å². The van der Waals surface area contributed by atoms with Crippen molar-refractivity contribution in [1.82, 2.24) is 10.5 Å². The highest BCUT2D eigenvalue weighted by Crippen LogP contribution is 2.03. The highest BCUT2D eigenvalue weighted by Gasteiger charge is 2.15. The molecule has 100 valence electrons.